The molecule has 192 valence electrons. The molecule has 0 saturated carbocycles. The maximum atomic E-state index is 13.0. The van der Waals surface area contributed by atoms with Gasteiger partial charge in [-0.25, -0.2) is 8.42 Å². The second kappa shape index (κ2) is 11.3. The van der Waals surface area contributed by atoms with Gasteiger partial charge in [0.05, 0.1) is 12.2 Å². The van der Waals surface area contributed by atoms with Gasteiger partial charge in [-0.2, -0.15) is 13.2 Å². The summed E-state index contributed by atoms with van der Waals surface area (Å²) in [5, 5.41) is 0. The fourth-order valence-electron chi connectivity index (χ4n) is 3.45. The molecule has 0 aliphatic heterocycles. The molecule has 0 aliphatic rings. The number of anilines is 1. The zero-order valence-corrected chi connectivity index (χ0v) is 20.3. The number of alkyl halides is 3. The lowest BCUT2D eigenvalue weighted by atomic mass is 10.2. The SMILES string of the molecule is O=S(=O)(CC(F)(F)F)N(Cc1cccnc1)c1ccc(Oc2ccc(OCc3ccccc3)cc2)cc1. The number of halogens is 3. The molecule has 1 aromatic heterocycles. The van der Waals surface area contributed by atoms with E-state index in [-0.39, 0.29) is 12.2 Å². The van der Waals surface area contributed by atoms with Gasteiger partial charge in [0.25, 0.3) is 0 Å². The first-order valence-corrected chi connectivity index (χ1v) is 12.8. The average molecular weight is 529 g/mol. The number of hydrogen-bond acceptors (Lipinski definition) is 5. The maximum Gasteiger partial charge on any atom is 0.404 e. The number of pyridine rings is 1. The third kappa shape index (κ3) is 7.71. The van der Waals surface area contributed by atoms with Crippen LogP contribution in [0.25, 0.3) is 0 Å². The number of hydrogen-bond donors (Lipinski definition) is 0. The van der Waals surface area contributed by atoms with Gasteiger partial charge in [0.2, 0.25) is 10.0 Å². The van der Waals surface area contributed by atoms with E-state index in [9.17, 15) is 21.6 Å². The van der Waals surface area contributed by atoms with Gasteiger partial charge < -0.3 is 9.47 Å². The highest BCUT2D eigenvalue weighted by Gasteiger charge is 2.38. The first-order valence-electron chi connectivity index (χ1n) is 11.2. The molecule has 6 nitrogen and oxygen atoms in total. The minimum Gasteiger partial charge on any atom is -0.489 e. The van der Waals surface area contributed by atoms with Crippen LogP contribution in [0.15, 0.2) is 103 Å². The third-order valence-corrected chi connectivity index (χ3v) is 6.87. The lowest BCUT2D eigenvalue weighted by molar-refractivity contribution is -0.106. The van der Waals surface area contributed by atoms with Crippen LogP contribution in [0.4, 0.5) is 18.9 Å². The molecule has 0 saturated heterocycles. The van der Waals surface area contributed by atoms with Crippen molar-refractivity contribution in [2.45, 2.75) is 19.3 Å². The Hall–Kier alpha value is -4.05. The Morgan fingerprint density at radius 1 is 0.757 bits per heavy atom. The van der Waals surface area contributed by atoms with Crippen LogP contribution in [0, 0.1) is 0 Å². The van der Waals surface area contributed by atoms with E-state index < -0.39 is 22.0 Å². The molecule has 0 aliphatic carbocycles. The van der Waals surface area contributed by atoms with Crippen LogP contribution in [-0.2, 0) is 23.2 Å². The number of nitrogens with zero attached hydrogens (tertiary/aromatic N) is 2. The summed E-state index contributed by atoms with van der Waals surface area (Å²) < 4.78 is 76.5. The van der Waals surface area contributed by atoms with Gasteiger partial charge in [-0.3, -0.25) is 9.29 Å². The van der Waals surface area contributed by atoms with Gasteiger partial charge in [0.15, 0.2) is 5.75 Å². The lowest BCUT2D eigenvalue weighted by Crippen LogP contribution is -2.37. The molecule has 1 heterocycles. The van der Waals surface area contributed by atoms with Crippen molar-refractivity contribution in [3.05, 3.63) is 115 Å². The highest BCUT2D eigenvalue weighted by Crippen LogP contribution is 2.30. The third-order valence-electron chi connectivity index (χ3n) is 5.16. The molecule has 4 rings (SSSR count). The average Bonchev–Trinajstić information content (AvgIpc) is 2.87. The van der Waals surface area contributed by atoms with E-state index in [1.807, 2.05) is 30.3 Å². The minimum absolute atomic E-state index is 0.0742. The van der Waals surface area contributed by atoms with E-state index in [1.54, 1.807) is 36.4 Å². The molecule has 0 fully saturated rings. The number of ether oxygens (including phenoxy) is 2. The van der Waals surface area contributed by atoms with E-state index in [0.29, 0.717) is 29.4 Å². The van der Waals surface area contributed by atoms with Crippen molar-refractivity contribution in [3.63, 3.8) is 0 Å². The summed E-state index contributed by atoms with van der Waals surface area (Å²) in [4.78, 5) is 3.91. The molecule has 0 amide bonds. The van der Waals surface area contributed by atoms with E-state index in [4.69, 9.17) is 9.47 Å². The summed E-state index contributed by atoms with van der Waals surface area (Å²) in [6, 6.07) is 25.6. The van der Waals surface area contributed by atoms with Crippen LogP contribution in [0.2, 0.25) is 0 Å². The van der Waals surface area contributed by atoms with Crippen LogP contribution >= 0.6 is 0 Å². The second-order valence-corrected chi connectivity index (χ2v) is 9.97. The fourth-order valence-corrected chi connectivity index (χ4v) is 4.81. The van der Waals surface area contributed by atoms with E-state index in [0.717, 1.165) is 9.87 Å². The highest BCUT2D eigenvalue weighted by molar-refractivity contribution is 7.92. The molecular formula is C27H23F3N2O4S. The van der Waals surface area contributed by atoms with Crippen LogP contribution in [0.1, 0.15) is 11.1 Å². The molecule has 0 atom stereocenters. The Kier molecular flexibility index (Phi) is 7.98. The van der Waals surface area contributed by atoms with Gasteiger partial charge in [-0.05, 0) is 65.7 Å². The fraction of sp³-hybridized carbons (Fsp3) is 0.148. The first kappa shape index (κ1) is 26.0. The Labute approximate surface area is 213 Å². The summed E-state index contributed by atoms with van der Waals surface area (Å²) in [5.74, 6) is -0.419. The van der Waals surface area contributed by atoms with Crippen molar-refractivity contribution >= 4 is 15.7 Å². The van der Waals surface area contributed by atoms with Crippen LogP contribution in [-0.4, -0.2) is 25.3 Å². The molecule has 4 aromatic rings. The molecule has 0 bridgehead atoms. The van der Waals surface area contributed by atoms with Gasteiger partial charge >= 0.3 is 6.18 Å². The summed E-state index contributed by atoms with van der Waals surface area (Å²) >= 11 is 0. The molecule has 10 heteroatoms. The monoisotopic (exact) mass is 528 g/mol. The molecule has 0 radical (unpaired) electrons. The van der Waals surface area contributed by atoms with Crippen molar-refractivity contribution in [3.8, 4) is 17.2 Å². The number of aromatic nitrogens is 1. The van der Waals surface area contributed by atoms with Gasteiger partial charge in [0, 0.05) is 12.4 Å². The molecule has 0 spiro atoms. The quantitative estimate of drug-likeness (QED) is 0.240. The van der Waals surface area contributed by atoms with Crippen molar-refractivity contribution < 1.29 is 31.1 Å². The minimum atomic E-state index is -4.88. The Bertz CT molecular complexity index is 1380. The molecule has 3 aromatic carbocycles. The molecule has 0 N–H and O–H groups in total. The first-order chi connectivity index (χ1) is 17.7. The summed E-state index contributed by atoms with van der Waals surface area (Å²) in [6.07, 6.45) is -1.99. The van der Waals surface area contributed by atoms with Crippen molar-refractivity contribution in [2.24, 2.45) is 0 Å². The van der Waals surface area contributed by atoms with Gasteiger partial charge in [0.1, 0.15) is 23.9 Å². The molecule has 37 heavy (non-hydrogen) atoms. The summed E-state index contributed by atoms with van der Waals surface area (Å²) in [5.41, 5.74) is 1.56. The number of benzene rings is 3. The van der Waals surface area contributed by atoms with Crippen LogP contribution in [0.3, 0.4) is 0 Å². The van der Waals surface area contributed by atoms with E-state index in [1.165, 1.54) is 36.7 Å². The normalized spacial score (nSPS) is 11.6. The Morgan fingerprint density at radius 2 is 1.35 bits per heavy atom. The van der Waals surface area contributed by atoms with Gasteiger partial charge in [-0.15, -0.1) is 0 Å². The highest BCUT2D eigenvalue weighted by atomic mass is 32.2. The van der Waals surface area contributed by atoms with Crippen molar-refractivity contribution in [1.82, 2.24) is 4.98 Å². The summed E-state index contributed by atoms with van der Waals surface area (Å²) in [6.45, 7) is 0.131. The zero-order valence-electron chi connectivity index (χ0n) is 19.5. The zero-order chi connectivity index (χ0) is 26.3. The topological polar surface area (TPSA) is 68.7 Å². The predicted molar refractivity (Wildman–Crippen MR) is 134 cm³/mol. The van der Waals surface area contributed by atoms with Crippen molar-refractivity contribution in [1.29, 1.82) is 0 Å². The lowest BCUT2D eigenvalue weighted by Gasteiger charge is -2.25. The molecule has 0 unspecified atom stereocenters. The van der Waals surface area contributed by atoms with E-state index in [2.05, 4.69) is 4.98 Å². The van der Waals surface area contributed by atoms with E-state index >= 15 is 0 Å². The number of rotatable bonds is 10. The maximum absolute atomic E-state index is 13.0. The van der Waals surface area contributed by atoms with Crippen LogP contribution < -0.4 is 13.8 Å². The van der Waals surface area contributed by atoms with Crippen molar-refractivity contribution in [2.75, 3.05) is 10.1 Å². The summed E-state index contributed by atoms with van der Waals surface area (Å²) in [7, 11) is -4.71. The smallest absolute Gasteiger partial charge is 0.404 e. The van der Waals surface area contributed by atoms with Gasteiger partial charge in [-0.1, -0.05) is 36.4 Å². The number of sulfonamides is 1. The molecular weight excluding hydrogens is 505 g/mol. The standard InChI is InChI=1S/C27H23F3N2O4S/c28-27(29,30)20-37(33,34)32(18-22-7-4-16-31-17-22)23-8-10-25(11-9-23)36-26-14-12-24(13-15-26)35-19-21-5-2-1-3-6-21/h1-17H,18-20H2. The predicted octanol–water partition coefficient (Wildman–Crippen LogP) is 6.35. The van der Waals surface area contributed by atoms with Crippen LogP contribution in [0.5, 0.6) is 17.2 Å². The largest absolute Gasteiger partial charge is 0.489 e. The Balaban J connectivity index is 1.45. The second-order valence-electron chi connectivity index (χ2n) is 8.08. The Morgan fingerprint density at radius 3 is 1.95 bits per heavy atom.